The molecule has 0 radical (unpaired) electrons. The van der Waals surface area contributed by atoms with E-state index >= 15 is 0 Å². The van der Waals surface area contributed by atoms with Crippen molar-refractivity contribution in [1.82, 2.24) is 0 Å². The van der Waals surface area contributed by atoms with Crippen molar-refractivity contribution in [1.29, 1.82) is 0 Å². The maximum absolute atomic E-state index is 13.7. The number of hydrogen-bond acceptors (Lipinski definition) is 1. The number of nitrogens with one attached hydrogen (secondary N) is 1. The van der Waals surface area contributed by atoms with Gasteiger partial charge in [0.15, 0.2) is 0 Å². The van der Waals surface area contributed by atoms with Crippen LogP contribution < -0.4 is 5.32 Å². The van der Waals surface area contributed by atoms with Crippen molar-refractivity contribution in [2.75, 3.05) is 5.32 Å². The Kier molecular flexibility index (Phi) is 2.71. The summed E-state index contributed by atoms with van der Waals surface area (Å²) in [6.07, 6.45) is 0.607. The number of hydrogen-bond donors (Lipinski definition) is 1. The zero-order valence-electron chi connectivity index (χ0n) is 9.38. The Labute approximate surface area is 108 Å². The van der Waals surface area contributed by atoms with Gasteiger partial charge in [0.1, 0.15) is 11.6 Å². The van der Waals surface area contributed by atoms with Gasteiger partial charge < -0.3 is 5.32 Å². The van der Waals surface area contributed by atoms with Gasteiger partial charge in [-0.2, -0.15) is 0 Å². The van der Waals surface area contributed by atoms with Crippen molar-refractivity contribution in [3.05, 3.63) is 64.2 Å². The molecular weight excluding hydrogens is 256 g/mol. The van der Waals surface area contributed by atoms with E-state index in [2.05, 4.69) is 5.32 Å². The predicted octanol–water partition coefficient (Wildman–Crippen LogP) is 4.33. The van der Waals surface area contributed by atoms with E-state index in [0.717, 1.165) is 11.1 Å². The smallest absolute Gasteiger partial charge is 0.148 e. The molecule has 0 amide bonds. The molecule has 0 spiro atoms. The lowest BCUT2D eigenvalue weighted by molar-refractivity contribution is 0.622. The maximum Gasteiger partial charge on any atom is 0.148 e. The van der Waals surface area contributed by atoms with Crippen LogP contribution in [0.15, 0.2) is 36.4 Å². The molecule has 1 unspecified atom stereocenters. The van der Waals surface area contributed by atoms with Crippen molar-refractivity contribution in [2.24, 2.45) is 0 Å². The van der Waals surface area contributed by atoms with E-state index in [1.807, 2.05) is 6.07 Å². The van der Waals surface area contributed by atoms with Gasteiger partial charge in [-0.15, -0.1) is 0 Å². The Morgan fingerprint density at radius 3 is 2.78 bits per heavy atom. The maximum atomic E-state index is 13.7. The fourth-order valence-electron chi connectivity index (χ4n) is 2.32. The van der Waals surface area contributed by atoms with E-state index < -0.39 is 0 Å². The highest BCUT2D eigenvalue weighted by atomic mass is 35.5. The first kappa shape index (κ1) is 11.5. The molecule has 92 valence electrons. The third-order valence-electron chi connectivity index (χ3n) is 3.13. The third kappa shape index (κ3) is 1.95. The number of anilines is 1. The predicted molar refractivity (Wildman–Crippen MR) is 67.9 cm³/mol. The average molecular weight is 266 g/mol. The molecule has 3 rings (SSSR count). The summed E-state index contributed by atoms with van der Waals surface area (Å²) < 4.78 is 26.9. The van der Waals surface area contributed by atoms with E-state index in [1.165, 1.54) is 18.2 Å². The van der Waals surface area contributed by atoms with Gasteiger partial charge in [-0.3, -0.25) is 0 Å². The lowest BCUT2D eigenvalue weighted by Crippen LogP contribution is -2.06. The summed E-state index contributed by atoms with van der Waals surface area (Å²) in [5.41, 5.74) is 2.10. The molecular formula is C14H10ClF2N. The van der Waals surface area contributed by atoms with Crippen LogP contribution >= 0.6 is 11.6 Å². The van der Waals surface area contributed by atoms with Crippen LogP contribution in [0.3, 0.4) is 0 Å². The quantitative estimate of drug-likeness (QED) is 0.809. The Bertz CT molecular complexity index is 613. The molecule has 0 saturated carbocycles. The Morgan fingerprint density at radius 2 is 2.00 bits per heavy atom. The molecule has 1 heterocycles. The van der Waals surface area contributed by atoms with Crippen molar-refractivity contribution in [3.63, 3.8) is 0 Å². The zero-order valence-corrected chi connectivity index (χ0v) is 10.1. The average Bonchev–Trinajstić information content (AvgIpc) is 2.73. The summed E-state index contributed by atoms with van der Waals surface area (Å²) in [7, 11) is 0. The molecule has 0 saturated heterocycles. The van der Waals surface area contributed by atoms with Crippen LogP contribution in [0.1, 0.15) is 17.2 Å². The van der Waals surface area contributed by atoms with E-state index in [9.17, 15) is 8.78 Å². The zero-order chi connectivity index (χ0) is 12.7. The van der Waals surface area contributed by atoms with Gasteiger partial charge >= 0.3 is 0 Å². The van der Waals surface area contributed by atoms with Crippen molar-refractivity contribution in [3.8, 4) is 0 Å². The minimum atomic E-state index is -0.364. The first-order valence-electron chi connectivity index (χ1n) is 5.63. The molecule has 0 aliphatic carbocycles. The van der Waals surface area contributed by atoms with Crippen LogP contribution in [0.25, 0.3) is 0 Å². The highest BCUT2D eigenvalue weighted by molar-refractivity contribution is 6.30. The Balaban J connectivity index is 1.96. The molecule has 1 aliphatic rings. The molecule has 4 heteroatoms. The van der Waals surface area contributed by atoms with E-state index in [0.29, 0.717) is 17.1 Å². The molecule has 18 heavy (non-hydrogen) atoms. The van der Waals surface area contributed by atoms with Crippen LogP contribution in [0, 0.1) is 11.6 Å². The fraction of sp³-hybridized carbons (Fsp3) is 0.143. The standard InChI is InChI=1S/C14H10ClF2N/c15-10-4-9-6-13(18-14(9)12(17)7-10)8-2-1-3-11(16)5-8/h1-5,7,13,18H,6H2. The van der Waals surface area contributed by atoms with Gasteiger partial charge in [-0.1, -0.05) is 23.7 Å². The lowest BCUT2D eigenvalue weighted by atomic mass is 10.0. The van der Waals surface area contributed by atoms with Crippen LogP contribution in [-0.2, 0) is 6.42 Å². The monoisotopic (exact) mass is 265 g/mol. The van der Waals surface area contributed by atoms with Crippen LogP contribution in [-0.4, -0.2) is 0 Å². The van der Waals surface area contributed by atoms with Crippen molar-refractivity contribution < 1.29 is 8.78 Å². The van der Waals surface area contributed by atoms with Gasteiger partial charge in [0.2, 0.25) is 0 Å². The Morgan fingerprint density at radius 1 is 1.17 bits per heavy atom. The molecule has 0 aromatic heterocycles. The second-order valence-electron chi connectivity index (χ2n) is 4.38. The van der Waals surface area contributed by atoms with E-state index in [-0.39, 0.29) is 17.7 Å². The lowest BCUT2D eigenvalue weighted by Gasteiger charge is -2.11. The summed E-state index contributed by atoms with van der Waals surface area (Å²) in [6, 6.07) is 9.24. The normalized spacial score (nSPS) is 17.4. The molecule has 1 aliphatic heterocycles. The summed E-state index contributed by atoms with van der Waals surface area (Å²) in [5, 5.41) is 3.46. The molecule has 2 aromatic rings. The largest absolute Gasteiger partial charge is 0.375 e. The third-order valence-corrected chi connectivity index (χ3v) is 3.35. The molecule has 1 nitrogen and oxygen atoms in total. The Hall–Kier alpha value is -1.61. The van der Waals surface area contributed by atoms with Gasteiger partial charge in [0, 0.05) is 5.02 Å². The van der Waals surface area contributed by atoms with E-state index in [4.69, 9.17) is 11.6 Å². The molecule has 0 bridgehead atoms. The fourth-order valence-corrected chi connectivity index (χ4v) is 2.55. The summed E-state index contributed by atoms with van der Waals surface area (Å²) in [5.74, 6) is -0.653. The number of rotatable bonds is 1. The first-order chi connectivity index (χ1) is 8.63. The SMILES string of the molecule is Fc1cccc(C2Cc3cc(Cl)cc(F)c3N2)c1. The topological polar surface area (TPSA) is 12.0 Å². The minimum absolute atomic E-state index is 0.108. The van der Waals surface area contributed by atoms with Gasteiger partial charge in [0.25, 0.3) is 0 Å². The van der Waals surface area contributed by atoms with Crippen LogP contribution in [0.4, 0.5) is 14.5 Å². The van der Waals surface area contributed by atoms with Gasteiger partial charge in [-0.25, -0.2) is 8.78 Å². The highest BCUT2D eigenvalue weighted by Crippen LogP contribution is 2.37. The summed E-state index contributed by atoms with van der Waals surface area (Å²) >= 11 is 5.82. The molecule has 0 fully saturated rings. The summed E-state index contributed by atoms with van der Waals surface area (Å²) in [6.45, 7) is 0. The number of fused-ring (bicyclic) bond motifs is 1. The first-order valence-corrected chi connectivity index (χ1v) is 6.01. The summed E-state index contributed by atoms with van der Waals surface area (Å²) in [4.78, 5) is 0. The molecule has 1 N–H and O–H groups in total. The molecule has 1 atom stereocenters. The van der Waals surface area contributed by atoms with Gasteiger partial charge in [0.05, 0.1) is 11.7 Å². The van der Waals surface area contributed by atoms with Crippen LogP contribution in [0.2, 0.25) is 5.02 Å². The number of halogens is 3. The van der Waals surface area contributed by atoms with E-state index in [1.54, 1.807) is 12.1 Å². The second kappa shape index (κ2) is 4.25. The highest BCUT2D eigenvalue weighted by Gasteiger charge is 2.25. The van der Waals surface area contributed by atoms with Crippen molar-refractivity contribution >= 4 is 17.3 Å². The molecule has 2 aromatic carbocycles. The number of benzene rings is 2. The van der Waals surface area contributed by atoms with Gasteiger partial charge in [-0.05, 0) is 41.8 Å². The van der Waals surface area contributed by atoms with Crippen LogP contribution in [0.5, 0.6) is 0 Å². The second-order valence-corrected chi connectivity index (χ2v) is 4.81. The minimum Gasteiger partial charge on any atom is -0.375 e. The van der Waals surface area contributed by atoms with Crippen molar-refractivity contribution in [2.45, 2.75) is 12.5 Å².